The van der Waals surface area contributed by atoms with Gasteiger partial charge in [-0.1, -0.05) is 47.5 Å². The molecule has 0 heterocycles. The molecule has 0 unspecified atom stereocenters. The van der Waals surface area contributed by atoms with Gasteiger partial charge in [-0.25, -0.2) is 0 Å². The second-order valence-electron chi connectivity index (χ2n) is 4.57. The third-order valence-corrected chi connectivity index (χ3v) is 3.22. The largest absolute Gasteiger partial charge is 0.294 e. The summed E-state index contributed by atoms with van der Waals surface area (Å²) in [5.74, 6) is 0.0591. The van der Waals surface area contributed by atoms with Gasteiger partial charge in [0.05, 0.1) is 5.02 Å². The molecular weight excluding hydrogens is 244 g/mol. The average Bonchev–Trinajstić information content (AvgIpc) is 2.32. The lowest BCUT2D eigenvalue weighted by atomic mass is 10.0. The van der Waals surface area contributed by atoms with Gasteiger partial charge >= 0.3 is 0 Å². The lowest BCUT2D eigenvalue weighted by Gasteiger charge is -2.05. The van der Waals surface area contributed by atoms with Gasteiger partial charge in [0.25, 0.3) is 0 Å². The van der Waals surface area contributed by atoms with Crippen molar-refractivity contribution < 1.29 is 4.79 Å². The smallest absolute Gasteiger partial charge is 0.168 e. The Kier molecular flexibility index (Phi) is 3.83. The Balaban J connectivity index is 2.19. The second-order valence-corrected chi connectivity index (χ2v) is 4.98. The van der Waals surface area contributed by atoms with Gasteiger partial charge in [0.15, 0.2) is 5.78 Å². The van der Waals surface area contributed by atoms with E-state index in [9.17, 15) is 4.79 Å². The Hall–Kier alpha value is -1.60. The van der Waals surface area contributed by atoms with Crippen molar-refractivity contribution in [3.8, 4) is 0 Å². The van der Waals surface area contributed by atoms with Crippen LogP contribution in [0.2, 0.25) is 5.02 Å². The van der Waals surface area contributed by atoms with E-state index in [1.165, 1.54) is 5.56 Å². The van der Waals surface area contributed by atoms with Crippen LogP contribution in [0, 0.1) is 13.8 Å². The zero-order chi connectivity index (χ0) is 13.1. The van der Waals surface area contributed by atoms with Gasteiger partial charge in [0.1, 0.15) is 0 Å². The molecule has 0 N–H and O–H groups in total. The monoisotopic (exact) mass is 258 g/mol. The van der Waals surface area contributed by atoms with Crippen LogP contribution in [0.5, 0.6) is 0 Å². The molecule has 1 nitrogen and oxygen atoms in total. The molecule has 0 spiro atoms. The van der Waals surface area contributed by atoms with E-state index in [0.717, 1.165) is 11.1 Å². The van der Waals surface area contributed by atoms with Gasteiger partial charge in [-0.3, -0.25) is 4.79 Å². The van der Waals surface area contributed by atoms with E-state index in [0.29, 0.717) is 17.0 Å². The Labute approximate surface area is 112 Å². The minimum absolute atomic E-state index is 0.0591. The summed E-state index contributed by atoms with van der Waals surface area (Å²) in [6.07, 6.45) is 0.392. The third-order valence-electron chi connectivity index (χ3n) is 2.91. The number of Topliss-reactive ketones (excluding diaryl/α,β-unsaturated/α-hetero) is 1. The van der Waals surface area contributed by atoms with Crippen LogP contribution in [-0.4, -0.2) is 5.78 Å². The highest BCUT2D eigenvalue weighted by molar-refractivity contribution is 6.34. The molecule has 2 aromatic rings. The average molecular weight is 259 g/mol. The first-order chi connectivity index (χ1) is 8.56. The molecule has 0 aliphatic carbocycles. The molecule has 2 aromatic carbocycles. The predicted octanol–water partition coefficient (Wildman–Crippen LogP) is 4.38. The van der Waals surface area contributed by atoms with E-state index < -0.39 is 0 Å². The quantitative estimate of drug-likeness (QED) is 0.747. The fourth-order valence-electron chi connectivity index (χ4n) is 1.83. The second kappa shape index (κ2) is 5.36. The number of hydrogen-bond donors (Lipinski definition) is 0. The van der Waals surface area contributed by atoms with Crippen molar-refractivity contribution in [2.75, 3.05) is 0 Å². The van der Waals surface area contributed by atoms with Crippen LogP contribution in [0.4, 0.5) is 0 Å². The van der Waals surface area contributed by atoms with Gasteiger partial charge in [0, 0.05) is 12.0 Å². The number of hydrogen-bond acceptors (Lipinski definition) is 1. The van der Waals surface area contributed by atoms with Crippen LogP contribution in [0.25, 0.3) is 0 Å². The fourth-order valence-corrected chi connectivity index (χ4v) is 2.17. The van der Waals surface area contributed by atoms with E-state index in [4.69, 9.17) is 11.6 Å². The Morgan fingerprint density at radius 3 is 2.22 bits per heavy atom. The van der Waals surface area contributed by atoms with E-state index in [-0.39, 0.29) is 5.78 Å². The number of halogens is 1. The van der Waals surface area contributed by atoms with Crippen molar-refractivity contribution in [2.24, 2.45) is 0 Å². The summed E-state index contributed by atoms with van der Waals surface area (Å²) in [6, 6.07) is 13.5. The number of benzene rings is 2. The highest BCUT2D eigenvalue weighted by atomic mass is 35.5. The topological polar surface area (TPSA) is 17.1 Å². The minimum atomic E-state index is 0.0591. The fraction of sp³-hybridized carbons (Fsp3) is 0.188. The number of ketones is 1. The Bertz CT molecular complexity index is 570. The van der Waals surface area contributed by atoms with E-state index in [1.54, 1.807) is 6.07 Å². The summed E-state index contributed by atoms with van der Waals surface area (Å²) in [4.78, 5) is 12.1. The first-order valence-electron chi connectivity index (χ1n) is 5.91. The van der Waals surface area contributed by atoms with E-state index >= 15 is 0 Å². The summed E-state index contributed by atoms with van der Waals surface area (Å²) >= 11 is 6.10. The van der Waals surface area contributed by atoms with Gasteiger partial charge in [-0.15, -0.1) is 0 Å². The van der Waals surface area contributed by atoms with Crippen molar-refractivity contribution in [1.82, 2.24) is 0 Å². The molecule has 92 valence electrons. The van der Waals surface area contributed by atoms with Gasteiger partial charge < -0.3 is 0 Å². The van der Waals surface area contributed by atoms with Crippen LogP contribution in [0.1, 0.15) is 27.0 Å². The van der Waals surface area contributed by atoms with E-state index in [2.05, 4.69) is 0 Å². The summed E-state index contributed by atoms with van der Waals surface area (Å²) in [6.45, 7) is 3.99. The van der Waals surface area contributed by atoms with Crippen molar-refractivity contribution in [3.63, 3.8) is 0 Å². The van der Waals surface area contributed by atoms with Crippen LogP contribution in [-0.2, 0) is 6.42 Å². The molecule has 0 atom stereocenters. The molecule has 0 bridgehead atoms. The maximum absolute atomic E-state index is 12.1. The molecule has 0 amide bonds. The standard InChI is InChI=1S/C16H15ClO/c1-11-3-6-13(7-4-11)10-16(18)14-8-5-12(2)9-15(14)17/h3-9H,10H2,1-2H3. The first kappa shape index (κ1) is 12.8. The third kappa shape index (κ3) is 2.99. The lowest BCUT2D eigenvalue weighted by Crippen LogP contribution is -2.04. The normalized spacial score (nSPS) is 10.4. The Morgan fingerprint density at radius 2 is 1.61 bits per heavy atom. The lowest BCUT2D eigenvalue weighted by molar-refractivity contribution is 0.0993. The van der Waals surface area contributed by atoms with Gasteiger partial charge in [0.2, 0.25) is 0 Å². The molecular formula is C16H15ClO. The number of rotatable bonds is 3. The van der Waals surface area contributed by atoms with E-state index in [1.807, 2.05) is 50.2 Å². The van der Waals surface area contributed by atoms with Crippen molar-refractivity contribution >= 4 is 17.4 Å². The maximum Gasteiger partial charge on any atom is 0.168 e. The molecule has 2 rings (SSSR count). The summed E-state index contributed by atoms with van der Waals surface area (Å²) in [5.41, 5.74) is 3.87. The molecule has 0 aromatic heterocycles. The minimum Gasteiger partial charge on any atom is -0.294 e. The van der Waals surface area contributed by atoms with Crippen LogP contribution < -0.4 is 0 Å². The van der Waals surface area contributed by atoms with Crippen molar-refractivity contribution in [1.29, 1.82) is 0 Å². The predicted molar refractivity (Wildman–Crippen MR) is 75.4 cm³/mol. The first-order valence-corrected chi connectivity index (χ1v) is 6.29. The van der Waals surface area contributed by atoms with Crippen LogP contribution in [0.3, 0.4) is 0 Å². The van der Waals surface area contributed by atoms with Gasteiger partial charge in [-0.2, -0.15) is 0 Å². The number of aryl methyl sites for hydroxylation is 2. The molecule has 2 heteroatoms. The van der Waals surface area contributed by atoms with Crippen LogP contribution >= 0.6 is 11.6 Å². The SMILES string of the molecule is Cc1ccc(CC(=O)c2ccc(C)cc2Cl)cc1. The summed E-state index contributed by atoms with van der Waals surface area (Å²) < 4.78 is 0. The molecule has 0 saturated heterocycles. The zero-order valence-electron chi connectivity index (χ0n) is 10.5. The van der Waals surface area contributed by atoms with Crippen molar-refractivity contribution in [3.05, 3.63) is 69.7 Å². The summed E-state index contributed by atoms with van der Waals surface area (Å²) in [7, 11) is 0. The molecule has 0 fully saturated rings. The number of carbonyl (C=O) groups excluding carboxylic acids is 1. The van der Waals surface area contributed by atoms with Gasteiger partial charge in [-0.05, 0) is 37.1 Å². The molecule has 0 aliphatic rings. The molecule has 0 saturated carbocycles. The highest BCUT2D eigenvalue weighted by Crippen LogP contribution is 2.19. The summed E-state index contributed by atoms with van der Waals surface area (Å²) in [5, 5.41) is 0.534. The maximum atomic E-state index is 12.1. The molecule has 0 aliphatic heterocycles. The highest BCUT2D eigenvalue weighted by Gasteiger charge is 2.10. The Morgan fingerprint density at radius 1 is 1.00 bits per heavy atom. The molecule has 0 radical (unpaired) electrons. The van der Waals surface area contributed by atoms with Crippen LogP contribution in [0.15, 0.2) is 42.5 Å². The van der Waals surface area contributed by atoms with Crippen molar-refractivity contribution in [2.45, 2.75) is 20.3 Å². The number of carbonyl (C=O) groups is 1. The molecule has 18 heavy (non-hydrogen) atoms. The zero-order valence-corrected chi connectivity index (χ0v) is 11.3.